The van der Waals surface area contributed by atoms with Crippen molar-refractivity contribution in [1.29, 1.82) is 0 Å². The molecule has 138 valence electrons. The third-order valence-corrected chi connectivity index (χ3v) is 4.21. The molecule has 0 aliphatic heterocycles. The summed E-state index contributed by atoms with van der Waals surface area (Å²) >= 11 is 6.10. The molecule has 1 aromatic heterocycles. The number of carbonyl (C=O) groups is 1. The van der Waals surface area contributed by atoms with Gasteiger partial charge in [-0.2, -0.15) is 0 Å². The van der Waals surface area contributed by atoms with Gasteiger partial charge in [-0.15, -0.1) is 0 Å². The van der Waals surface area contributed by atoms with Crippen LogP contribution in [-0.2, 0) is 0 Å². The molecule has 0 atom stereocenters. The molecule has 0 fully saturated rings. The topological polar surface area (TPSA) is 88.6 Å². The van der Waals surface area contributed by atoms with E-state index in [9.17, 15) is 14.9 Å². The molecular weight excluding hydrogens is 370 g/mol. The van der Waals surface area contributed by atoms with E-state index in [0.29, 0.717) is 17.0 Å². The van der Waals surface area contributed by atoms with Gasteiger partial charge in [-0.05, 0) is 42.5 Å². The number of nitro groups is 1. The lowest BCUT2D eigenvalue weighted by Crippen LogP contribution is -2.11. The van der Waals surface area contributed by atoms with Crippen LogP contribution in [0, 0.1) is 10.1 Å². The summed E-state index contributed by atoms with van der Waals surface area (Å²) in [5.74, 6) is 0.0518. The fourth-order valence-electron chi connectivity index (χ4n) is 2.46. The third kappa shape index (κ3) is 4.09. The van der Waals surface area contributed by atoms with Gasteiger partial charge in [-0.3, -0.25) is 14.9 Å². The second-order valence-electron chi connectivity index (χ2n) is 5.98. The number of anilines is 2. The fraction of sp³-hybridized carbons (Fsp3) is 0.105. The Balaban J connectivity index is 1.77. The standard InChI is InChI=1S/C19H16ClN3O4/c1-22(2)13-5-3-12(4-6-13)21-19(24)18-10-9-17(27-18)15-8-7-14(23(25)26)11-16(15)20/h3-11H,1-2H3,(H,21,24). The molecule has 0 unspecified atom stereocenters. The molecule has 1 N–H and O–H groups in total. The number of hydrogen-bond donors (Lipinski definition) is 1. The molecule has 3 aromatic rings. The van der Waals surface area contributed by atoms with Crippen LogP contribution < -0.4 is 10.2 Å². The van der Waals surface area contributed by atoms with Gasteiger partial charge in [0.05, 0.1) is 9.95 Å². The fourth-order valence-corrected chi connectivity index (χ4v) is 2.73. The van der Waals surface area contributed by atoms with Crippen LogP contribution in [0.1, 0.15) is 10.6 Å². The Bertz CT molecular complexity index is 996. The first-order chi connectivity index (χ1) is 12.8. The summed E-state index contributed by atoms with van der Waals surface area (Å²) in [4.78, 5) is 24.6. The number of nitro benzene ring substituents is 1. The number of carbonyl (C=O) groups excluding carboxylic acids is 1. The van der Waals surface area contributed by atoms with E-state index >= 15 is 0 Å². The second kappa shape index (κ2) is 7.51. The number of halogens is 1. The number of rotatable bonds is 5. The first-order valence-electron chi connectivity index (χ1n) is 7.98. The van der Waals surface area contributed by atoms with Gasteiger partial charge in [0, 0.05) is 43.2 Å². The van der Waals surface area contributed by atoms with E-state index in [1.165, 1.54) is 24.3 Å². The van der Waals surface area contributed by atoms with Crippen molar-refractivity contribution in [2.75, 3.05) is 24.3 Å². The van der Waals surface area contributed by atoms with Crippen LogP contribution in [-0.4, -0.2) is 24.9 Å². The predicted molar refractivity (Wildman–Crippen MR) is 105 cm³/mol. The largest absolute Gasteiger partial charge is 0.451 e. The van der Waals surface area contributed by atoms with Crippen LogP contribution in [0.4, 0.5) is 17.1 Å². The van der Waals surface area contributed by atoms with E-state index in [2.05, 4.69) is 5.32 Å². The maximum Gasteiger partial charge on any atom is 0.291 e. The van der Waals surface area contributed by atoms with Crippen LogP contribution in [0.2, 0.25) is 5.02 Å². The first kappa shape index (κ1) is 18.5. The number of amides is 1. The number of nitrogens with zero attached hydrogens (tertiary/aromatic N) is 2. The Kier molecular flexibility index (Phi) is 5.14. The molecule has 0 aliphatic carbocycles. The predicted octanol–water partition coefficient (Wildman–Crippen LogP) is 4.83. The molecule has 8 heteroatoms. The van der Waals surface area contributed by atoms with Gasteiger partial charge in [0.15, 0.2) is 5.76 Å². The minimum absolute atomic E-state index is 0.108. The van der Waals surface area contributed by atoms with Crippen molar-refractivity contribution in [1.82, 2.24) is 0 Å². The molecule has 0 bridgehead atoms. The van der Waals surface area contributed by atoms with Crippen molar-refractivity contribution in [2.45, 2.75) is 0 Å². The molecule has 7 nitrogen and oxygen atoms in total. The Hall–Kier alpha value is -3.32. The second-order valence-corrected chi connectivity index (χ2v) is 6.39. The highest BCUT2D eigenvalue weighted by Gasteiger charge is 2.16. The van der Waals surface area contributed by atoms with Gasteiger partial charge in [0.2, 0.25) is 0 Å². The van der Waals surface area contributed by atoms with Crippen LogP contribution in [0.15, 0.2) is 59.0 Å². The molecule has 2 aromatic carbocycles. The maximum atomic E-state index is 12.4. The van der Waals surface area contributed by atoms with Crippen LogP contribution in [0.25, 0.3) is 11.3 Å². The van der Waals surface area contributed by atoms with Gasteiger partial charge < -0.3 is 14.6 Å². The quantitative estimate of drug-likeness (QED) is 0.502. The summed E-state index contributed by atoms with van der Waals surface area (Å²) in [5, 5.41) is 13.7. The van der Waals surface area contributed by atoms with E-state index in [1.54, 1.807) is 18.2 Å². The summed E-state index contributed by atoms with van der Waals surface area (Å²) in [7, 11) is 3.86. The van der Waals surface area contributed by atoms with Crippen molar-refractivity contribution in [3.05, 3.63) is 75.5 Å². The smallest absolute Gasteiger partial charge is 0.291 e. The molecule has 3 rings (SSSR count). The third-order valence-electron chi connectivity index (χ3n) is 3.90. The van der Waals surface area contributed by atoms with Crippen molar-refractivity contribution >= 4 is 34.6 Å². The summed E-state index contributed by atoms with van der Waals surface area (Å²) < 4.78 is 5.57. The normalized spacial score (nSPS) is 10.5. The summed E-state index contributed by atoms with van der Waals surface area (Å²) in [5.41, 5.74) is 2.00. The molecule has 0 aliphatic rings. The van der Waals surface area contributed by atoms with E-state index in [4.69, 9.17) is 16.0 Å². The Morgan fingerprint density at radius 3 is 2.41 bits per heavy atom. The molecule has 27 heavy (non-hydrogen) atoms. The summed E-state index contributed by atoms with van der Waals surface area (Å²) in [6.45, 7) is 0. The summed E-state index contributed by atoms with van der Waals surface area (Å²) in [6, 6.07) is 14.5. The molecule has 0 saturated carbocycles. The monoisotopic (exact) mass is 385 g/mol. The number of nitrogens with one attached hydrogen (secondary N) is 1. The molecule has 0 saturated heterocycles. The number of benzene rings is 2. The van der Waals surface area contributed by atoms with E-state index in [1.807, 2.05) is 31.1 Å². The lowest BCUT2D eigenvalue weighted by molar-refractivity contribution is -0.384. The van der Waals surface area contributed by atoms with Crippen molar-refractivity contribution in [3.63, 3.8) is 0 Å². The lowest BCUT2D eigenvalue weighted by Gasteiger charge is -2.12. The van der Waals surface area contributed by atoms with Crippen LogP contribution in [0.5, 0.6) is 0 Å². The number of hydrogen-bond acceptors (Lipinski definition) is 5. The zero-order valence-corrected chi connectivity index (χ0v) is 15.4. The Morgan fingerprint density at radius 2 is 1.81 bits per heavy atom. The average Bonchev–Trinajstić information content (AvgIpc) is 3.12. The Labute approximate surface area is 160 Å². The van der Waals surface area contributed by atoms with Crippen molar-refractivity contribution in [2.24, 2.45) is 0 Å². The van der Waals surface area contributed by atoms with Gasteiger partial charge in [0.1, 0.15) is 5.76 Å². The van der Waals surface area contributed by atoms with Gasteiger partial charge in [-0.25, -0.2) is 0 Å². The maximum absolute atomic E-state index is 12.4. The molecule has 1 amide bonds. The average molecular weight is 386 g/mol. The van der Waals surface area contributed by atoms with Crippen molar-refractivity contribution in [3.8, 4) is 11.3 Å². The first-order valence-corrected chi connectivity index (χ1v) is 8.36. The van der Waals surface area contributed by atoms with Crippen molar-refractivity contribution < 1.29 is 14.1 Å². The number of non-ortho nitro benzene ring substituents is 1. The van der Waals surface area contributed by atoms with E-state index in [0.717, 1.165) is 5.69 Å². The van der Waals surface area contributed by atoms with Crippen LogP contribution in [0.3, 0.4) is 0 Å². The highest BCUT2D eigenvalue weighted by Crippen LogP contribution is 2.32. The zero-order chi connectivity index (χ0) is 19.6. The summed E-state index contributed by atoms with van der Waals surface area (Å²) in [6.07, 6.45) is 0. The lowest BCUT2D eigenvalue weighted by atomic mass is 10.1. The van der Waals surface area contributed by atoms with Gasteiger partial charge in [0.25, 0.3) is 11.6 Å². The highest BCUT2D eigenvalue weighted by molar-refractivity contribution is 6.33. The molecular formula is C19H16ClN3O4. The van der Waals surface area contributed by atoms with E-state index in [-0.39, 0.29) is 16.5 Å². The van der Waals surface area contributed by atoms with Crippen LogP contribution >= 0.6 is 11.6 Å². The van der Waals surface area contributed by atoms with E-state index < -0.39 is 10.8 Å². The zero-order valence-electron chi connectivity index (χ0n) is 14.6. The minimum atomic E-state index is -0.530. The van der Waals surface area contributed by atoms with Gasteiger partial charge in [-0.1, -0.05) is 11.6 Å². The highest BCUT2D eigenvalue weighted by atomic mass is 35.5. The Morgan fingerprint density at radius 1 is 1.11 bits per heavy atom. The number of furan rings is 1. The SMILES string of the molecule is CN(C)c1ccc(NC(=O)c2ccc(-c3ccc([N+](=O)[O-])cc3Cl)o2)cc1. The molecule has 1 heterocycles. The minimum Gasteiger partial charge on any atom is -0.451 e. The molecule has 0 radical (unpaired) electrons. The molecule has 0 spiro atoms. The van der Waals surface area contributed by atoms with Gasteiger partial charge >= 0.3 is 0 Å².